The number of hydrogen-bond donors (Lipinski definition) is 0. The molecule has 0 atom stereocenters. The second-order valence-electron chi connectivity index (χ2n) is 3.70. The summed E-state index contributed by atoms with van der Waals surface area (Å²) in [6.07, 6.45) is 3.64. The Bertz CT molecular complexity index is 557. The number of imidazole rings is 1. The van der Waals surface area contributed by atoms with Crippen LogP contribution in [0.2, 0.25) is 0 Å². The maximum atomic E-state index is 4.27. The molecule has 3 rings (SSSR count). The van der Waals surface area contributed by atoms with E-state index in [2.05, 4.69) is 26.7 Å². The molecule has 0 unspecified atom stereocenters. The molecule has 0 radical (unpaired) electrons. The van der Waals surface area contributed by atoms with Crippen molar-refractivity contribution in [2.24, 2.45) is 0 Å². The predicted octanol–water partition coefficient (Wildman–Crippen LogP) is 2.43. The Balaban J connectivity index is 1.99. The van der Waals surface area contributed by atoms with Crippen LogP contribution in [-0.2, 0) is 6.54 Å². The van der Waals surface area contributed by atoms with Gasteiger partial charge >= 0.3 is 0 Å². The number of hydrogen-bond acceptors (Lipinski definition) is 2. The average Bonchev–Trinajstić information content (AvgIpc) is 2.80. The van der Waals surface area contributed by atoms with E-state index in [0.29, 0.717) is 0 Å². The maximum Gasteiger partial charge on any atom is 0.160 e. The van der Waals surface area contributed by atoms with Gasteiger partial charge in [-0.1, -0.05) is 30.3 Å². The van der Waals surface area contributed by atoms with Crippen molar-refractivity contribution in [1.29, 1.82) is 0 Å². The highest BCUT2D eigenvalue weighted by atomic mass is 15.1. The SMILES string of the molecule is c1ccc(Cn2cccc3ncnc2-3)cc1. The summed E-state index contributed by atoms with van der Waals surface area (Å²) in [5.74, 6) is 0.936. The van der Waals surface area contributed by atoms with E-state index >= 15 is 0 Å². The van der Waals surface area contributed by atoms with Gasteiger partial charge in [0.2, 0.25) is 0 Å². The first-order valence-corrected chi connectivity index (χ1v) is 5.23. The van der Waals surface area contributed by atoms with Gasteiger partial charge in [-0.15, -0.1) is 0 Å². The van der Waals surface area contributed by atoms with E-state index in [-0.39, 0.29) is 0 Å². The lowest BCUT2D eigenvalue weighted by Crippen LogP contribution is -2.04. The minimum atomic E-state index is 0.830. The van der Waals surface area contributed by atoms with Gasteiger partial charge in [0.25, 0.3) is 0 Å². The quantitative estimate of drug-likeness (QED) is 0.649. The highest BCUT2D eigenvalue weighted by Crippen LogP contribution is 2.17. The molecule has 2 heterocycles. The molecule has 0 N–H and O–H groups in total. The molecule has 3 nitrogen and oxygen atoms in total. The van der Waals surface area contributed by atoms with Crippen LogP contribution in [0.4, 0.5) is 0 Å². The van der Waals surface area contributed by atoms with E-state index in [9.17, 15) is 0 Å². The van der Waals surface area contributed by atoms with E-state index in [4.69, 9.17) is 0 Å². The summed E-state index contributed by atoms with van der Waals surface area (Å²) in [5, 5.41) is 0. The first kappa shape index (κ1) is 9.09. The summed E-state index contributed by atoms with van der Waals surface area (Å²) in [5.41, 5.74) is 2.21. The summed E-state index contributed by atoms with van der Waals surface area (Å²) in [6.45, 7) is 0.830. The number of nitrogens with zero attached hydrogens (tertiary/aromatic N) is 3. The van der Waals surface area contributed by atoms with Crippen molar-refractivity contribution in [2.45, 2.75) is 6.54 Å². The Morgan fingerprint density at radius 2 is 1.81 bits per heavy atom. The largest absolute Gasteiger partial charge is 0.327 e. The Hall–Kier alpha value is -2.16. The Morgan fingerprint density at radius 1 is 0.938 bits per heavy atom. The Kier molecular flexibility index (Phi) is 2.14. The van der Waals surface area contributed by atoms with Gasteiger partial charge < -0.3 is 4.57 Å². The molecule has 1 aromatic carbocycles. The molecular weight excluding hydrogens is 198 g/mol. The molecule has 1 aromatic rings. The van der Waals surface area contributed by atoms with Crippen molar-refractivity contribution >= 4 is 0 Å². The van der Waals surface area contributed by atoms with Crippen LogP contribution in [0.1, 0.15) is 5.56 Å². The monoisotopic (exact) mass is 209 g/mol. The van der Waals surface area contributed by atoms with Crippen LogP contribution in [0.5, 0.6) is 0 Å². The van der Waals surface area contributed by atoms with E-state index in [1.165, 1.54) is 5.56 Å². The summed E-state index contributed by atoms with van der Waals surface area (Å²) in [7, 11) is 0. The smallest absolute Gasteiger partial charge is 0.160 e. The predicted molar refractivity (Wildman–Crippen MR) is 62.2 cm³/mol. The Morgan fingerprint density at radius 3 is 2.69 bits per heavy atom. The highest BCUT2D eigenvalue weighted by molar-refractivity contribution is 5.50. The summed E-state index contributed by atoms with van der Waals surface area (Å²) >= 11 is 0. The standard InChI is InChI=1S/C13H11N3/c1-2-5-11(6-3-1)9-16-8-4-7-12-13(16)15-10-14-12/h1-8,10H,9H2. The van der Waals surface area contributed by atoms with Gasteiger partial charge in [0, 0.05) is 12.7 Å². The minimum Gasteiger partial charge on any atom is -0.327 e. The van der Waals surface area contributed by atoms with Gasteiger partial charge in [0.15, 0.2) is 5.82 Å². The fourth-order valence-electron chi connectivity index (χ4n) is 1.82. The van der Waals surface area contributed by atoms with Gasteiger partial charge in [0.05, 0.1) is 0 Å². The second-order valence-corrected chi connectivity index (χ2v) is 3.70. The first-order valence-electron chi connectivity index (χ1n) is 5.23. The number of benzene rings is 1. The molecule has 2 aliphatic heterocycles. The van der Waals surface area contributed by atoms with Gasteiger partial charge in [0.1, 0.15) is 12.0 Å². The van der Waals surface area contributed by atoms with Crippen LogP contribution in [0, 0.1) is 0 Å². The number of pyridine rings is 1. The molecule has 0 aliphatic carbocycles. The van der Waals surface area contributed by atoms with Crippen molar-refractivity contribution in [3.63, 3.8) is 0 Å². The highest BCUT2D eigenvalue weighted by Gasteiger charge is 2.08. The molecule has 0 bridgehead atoms. The molecule has 0 saturated heterocycles. The third-order valence-electron chi connectivity index (χ3n) is 2.59. The number of fused-ring (bicyclic) bond motifs is 1. The molecule has 0 amide bonds. The van der Waals surface area contributed by atoms with Crippen molar-refractivity contribution < 1.29 is 0 Å². The van der Waals surface area contributed by atoms with E-state index < -0.39 is 0 Å². The number of aromatic nitrogens is 3. The molecule has 16 heavy (non-hydrogen) atoms. The molecule has 3 heteroatoms. The van der Waals surface area contributed by atoms with Crippen molar-refractivity contribution in [2.75, 3.05) is 0 Å². The van der Waals surface area contributed by atoms with Crippen molar-refractivity contribution in [3.8, 4) is 11.5 Å². The molecule has 0 spiro atoms. The third-order valence-corrected chi connectivity index (χ3v) is 2.59. The normalized spacial score (nSPS) is 10.8. The molecular formula is C13H11N3. The Labute approximate surface area is 93.7 Å². The molecule has 2 aliphatic rings. The van der Waals surface area contributed by atoms with Crippen LogP contribution in [0.25, 0.3) is 11.5 Å². The van der Waals surface area contributed by atoms with Crippen LogP contribution in [0.15, 0.2) is 55.0 Å². The topological polar surface area (TPSA) is 30.7 Å². The zero-order chi connectivity index (χ0) is 10.8. The summed E-state index contributed by atoms with van der Waals surface area (Å²) in [4.78, 5) is 8.46. The second kappa shape index (κ2) is 3.77. The van der Waals surface area contributed by atoms with Gasteiger partial charge in [-0.2, -0.15) is 0 Å². The maximum absolute atomic E-state index is 4.27. The third kappa shape index (κ3) is 1.56. The zero-order valence-corrected chi connectivity index (χ0v) is 8.74. The molecule has 0 fully saturated rings. The molecule has 78 valence electrons. The van der Waals surface area contributed by atoms with Crippen molar-refractivity contribution in [3.05, 3.63) is 60.6 Å². The van der Waals surface area contributed by atoms with Gasteiger partial charge in [-0.3, -0.25) is 0 Å². The fraction of sp³-hybridized carbons (Fsp3) is 0.0769. The van der Waals surface area contributed by atoms with E-state index in [1.807, 2.05) is 36.5 Å². The first-order chi connectivity index (χ1) is 7.93. The van der Waals surface area contributed by atoms with E-state index in [1.54, 1.807) is 6.33 Å². The lowest BCUT2D eigenvalue weighted by atomic mass is 10.2. The lowest BCUT2D eigenvalue weighted by Gasteiger charge is -2.10. The minimum absolute atomic E-state index is 0.830. The average molecular weight is 209 g/mol. The van der Waals surface area contributed by atoms with E-state index in [0.717, 1.165) is 18.1 Å². The molecule has 0 saturated carbocycles. The van der Waals surface area contributed by atoms with Gasteiger partial charge in [-0.05, 0) is 17.7 Å². The van der Waals surface area contributed by atoms with Crippen LogP contribution >= 0.6 is 0 Å². The van der Waals surface area contributed by atoms with Crippen molar-refractivity contribution in [1.82, 2.24) is 14.5 Å². The van der Waals surface area contributed by atoms with Gasteiger partial charge in [-0.25, -0.2) is 9.97 Å². The lowest BCUT2D eigenvalue weighted by molar-refractivity contribution is 0.784. The summed E-state index contributed by atoms with van der Waals surface area (Å²) < 4.78 is 2.11. The molecule has 0 aromatic heterocycles. The van der Waals surface area contributed by atoms with Crippen LogP contribution in [0.3, 0.4) is 0 Å². The fourth-order valence-corrected chi connectivity index (χ4v) is 1.82. The van der Waals surface area contributed by atoms with Crippen LogP contribution < -0.4 is 0 Å². The number of rotatable bonds is 2. The zero-order valence-electron chi connectivity index (χ0n) is 8.74. The summed E-state index contributed by atoms with van der Waals surface area (Å²) in [6, 6.07) is 14.3. The van der Waals surface area contributed by atoms with Crippen LogP contribution in [-0.4, -0.2) is 14.5 Å².